The molecule has 0 fully saturated rings. The van der Waals surface area contributed by atoms with Gasteiger partial charge in [0.05, 0.1) is 17.2 Å². The monoisotopic (exact) mass is 263 g/mol. The van der Waals surface area contributed by atoms with Crippen molar-refractivity contribution >= 4 is 23.3 Å². The molecule has 0 aliphatic carbocycles. The number of H-pyrrole nitrogens is 1. The van der Waals surface area contributed by atoms with Crippen LogP contribution >= 0.6 is 12.2 Å². The van der Waals surface area contributed by atoms with E-state index in [1.807, 2.05) is 18.5 Å². The molecule has 18 heavy (non-hydrogen) atoms. The van der Waals surface area contributed by atoms with Crippen LogP contribution in [-0.4, -0.2) is 14.5 Å². The predicted octanol–water partition coefficient (Wildman–Crippen LogP) is 4.63. The highest BCUT2D eigenvalue weighted by Crippen LogP contribution is 2.22. The van der Waals surface area contributed by atoms with Gasteiger partial charge < -0.3 is 9.55 Å². The second-order valence-electron chi connectivity index (χ2n) is 4.89. The lowest BCUT2D eigenvalue weighted by Gasteiger charge is -2.14. The number of hydrogen-bond acceptors (Lipinski definition) is 2. The van der Waals surface area contributed by atoms with Crippen molar-refractivity contribution in [2.75, 3.05) is 0 Å². The first kappa shape index (κ1) is 13.3. The maximum absolute atomic E-state index is 5.41. The fraction of sp³-hybridized carbons (Fsp3) is 0.571. The Hall–Kier alpha value is -1.16. The number of nitrogens with zero attached hydrogens (tertiary/aromatic N) is 2. The second-order valence-corrected chi connectivity index (χ2v) is 5.28. The van der Waals surface area contributed by atoms with E-state index in [4.69, 9.17) is 12.2 Å². The van der Waals surface area contributed by atoms with Gasteiger partial charge in [0, 0.05) is 12.2 Å². The van der Waals surface area contributed by atoms with Gasteiger partial charge in [0.2, 0.25) is 0 Å². The number of nitrogens with one attached hydrogen (secondary N) is 1. The van der Waals surface area contributed by atoms with E-state index in [0.717, 1.165) is 15.8 Å². The number of pyridine rings is 1. The van der Waals surface area contributed by atoms with Crippen LogP contribution in [0.15, 0.2) is 18.5 Å². The van der Waals surface area contributed by atoms with E-state index in [1.54, 1.807) is 0 Å². The van der Waals surface area contributed by atoms with Crippen molar-refractivity contribution in [1.29, 1.82) is 0 Å². The molecule has 2 aromatic heterocycles. The number of rotatable bonds is 6. The lowest BCUT2D eigenvalue weighted by atomic mass is 10.1. The highest BCUT2D eigenvalue weighted by molar-refractivity contribution is 7.71. The molecule has 0 aliphatic rings. The Balaban J connectivity index is 2.14. The van der Waals surface area contributed by atoms with Crippen LogP contribution in [0.3, 0.4) is 0 Å². The average molecular weight is 263 g/mol. The summed E-state index contributed by atoms with van der Waals surface area (Å²) in [6.45, 7) is 4.49. The van der Waals surface area contributed by atoms with Gasteiger partial charge in [0.15, 0.2) is 4.77 Å². The largest absolute Gasteiger partial charge is 0.329 e. The minimum Gasteiger partial charge on any atom is -0.329 e. The van der Waals surface area contributed by atoms with Crippen molar-refractivity contribution in [1.82, 2.24) is 14.5 Å². The quantitative estimate of drug-likeness (QED) is 0.609. The Morgan fingerprint density at radius 2 is 2.22 bits per heavy atom. The first-order valence-corrected chi connectivity index (χ1v) is 7.19. The van der Waals surface area contributed by atoms with Gasteiger partial charge in [-0.3, -0.25) is 4.98 Å². The standard InChI is InChI=1S/C14H21N3S/c1-3-4-5-6-7-11(2)17-13-8-9-15-10-12(13)16-14(17)18/h8-11H,3-7H2,1-2H3,(H,16,18). The smallest absolute Gasteiger partial charge is 0.178 e. The SMILES string of the molecule is CCCCCCC(C)n1c(=S)[nH]c2cnccc21. The first-order chi connectivity index (χ1) is 8.74. The predicted molar refractivity (Wildman–Crippen MR) is 78.4 cm³/mol. The Morgan fingerprint density at radius 1 is 1.39 bits per heavy atom. The van der Waals surface area contributed by atoms with Gasteiger partial charge in [0.1, 0.15) is 0 Å². The molecule has 3 nitrogen and oxygen atoms in total. The van der Waals surface area contributed by atoms with Crippen molar-refractivity contribution in [3.8, 4) is 0 Å². The number of unbranched alkanes of at least 4 members (excludes halogenated alkanes) is 3. The molecule has 2 aromatic rings. The Bertz CT molecular complexity index is 555. The molecule has 0 amide bonds. The van der Waals surface area contributed by atoms with E-state index in [0.29, 0.717) is 6.04 Å². The van der Waals surface area contributed by atoms with Gasteiger partial charge in [-0.05, 0) is 31.6 Å². The molecule has 0 aromatic carbocycles. The van der Waals surface area contributed by atoms with Crippen LogP contribution < -0.4 is 0 Å². The van der Waals surface area contributed by atoms with Crippen molar-refractivity contribution in [2.24, 2.45) is 0 Å². The molecule has 0 saturated carbocycles. The van der Waals surface area contributed by atoms with Crippen LogP contribution in [0, 0.1) is 4.77 Å². The summed E-state index contributed by atoms with van der Waals surface area (Å²) in [4.78, 5) is 7.35. The van der Waals surface area contributed by atoms with Crippen LogP contribution in [-0.2, 0) is 0 Å². The van der Waals surface area contributed by atoms with Crippen molar-refractivity contribution in [2.45, 2.75) is 52.0 Å². The van der Waals surface area contributed by atoms with Gasteiger partial charge >= 0.3 is 0 Å². The van der Waals surface area contributed by atoms with Crippen LogP contribution in [0.1, 0.15) is 52.0 Å². The molecule has 0 aliphatic heterocycles. The van der Waals surface area contributed by atoms with Crippen molar-refractivity contribution < 1.29 is 0 Å². The molecule has 0 saturated heterocycles. The Morgan fingerprint density at radius 3 is 3.00 bits per heavy atom. The van der Waals surface area contributed by atoms with Gasteiger partial charge in [-0.15, -0.1) is 0 Å². The van der Waals surface area contributed by atoms with Crippen LogP contribution in [0.4, 0.5) is 0 Å². The van der Waals surface area contributed by atoms with Gasteiger partial charge in [-0.2, -0.15) is 0 Å². The second kappa shape index (κ2) is 6.14. The maximum atomic E-state index is 5.41. The number of aromatic amines is 1. The zero-order valence-corrected chi connectivity index (χ0v) is 12.0. The number of hydrogen-bond donors (Lipinski definition) is 1. The van der Waals surface area contributed by atoms with Crippen LogP contribution in [0.5, 0.6) is 0 Å². The zero-order chi connectivity index (χ0) is 13.0. The summed E-state index contributed by atoms with van der Waals surface area (Å²) in [6.07, 6.45) is 10.1. The van der Waals surface area contributed by atoms with Gasteiger partial charge in [-0.25, -0.2) is 0 Å². The van der Waals surface area contributed by atoms with E-state index in [9.17, 15) is 0 Å². The van der Waals surface area contributed by atoms with Crippen LogP contribution in [0.25, 0.3) is 11.0 Å². The summed E-state index contributed by atoms with van der Waals surface area (Å²) in [6, 6.07) is 2.48. The Labute approximate surface area is 113 Å². The molecule has 1 unspecified atom stereocenters. The maximum Gasteiger partial charge on any atom is 0.178 e. The third kappa shape index (κ3) is 2.80. The zero-order valence-electron chi connectivity index (χ0n) is 11.1. The van der Waals surface area contributed by atoms with Gasteiger partial charge in [-0.1, -0.05) is 32.6 Å². The fourth-order valence-electron chi connectivity index (χ4n) is 2.41. The van der Waals surface area contributed by atoms with E-state index in [-0.39, 0.29) is 0 Å². The molecular formula is C14H21N3S. The molecular weight excluding hydrogens is 242 g/mol. The highest BCUT2D eigenvalue weighted by Gasteiger charge is 2.10. The molecule has 1 atom stereocenters. The van der Waals surface area contributed by atoms with E-state index >= 15 is 0 Å². The summed E-state index contributed by atoms with van der Waals surface area (Å²) < 4.78 is 3.03. The molecule has 0 bridgehead atoms. The lowest BCUT2D eigenvalue weighted by molar-refractivity contribution is 0.478. The molecule has 1 N–H and O–H groups in total. The summed E-state index contributed by atoms with van der Waals surface area (Å²) in [5, 5.41) is 0. The number of fused-ring (bicyclic) bond motifs is 1. The molecule has 2 heterocycles. The minimum absolute atomic E-state index is 0.450. The number of imidazole rings is 1. The van der Waals surface area contributed by atoms with E-state index in [2.05, 4.69) is 28.4 Å². The lowest BCUT2D eigenvalue weighted by Crippen LogP contribution is -2.05. The van der Waals surface area contributed by atoms with Crippen LogP contribution in [0.2, 0.25) is 0 Å². The summed E-state index contributed by atoms with van der Waals surface area (Å²) in [5.41, 5.74) is 2.20. The highest BCUT2D eigenvalue weighted by atomic mass is 32.1. The fourth-order valence-corrected chi connectivity index (χ4v) is 2.80. The topological polar surface area (TPSA) is 33.6 Å². The van der Waals surface area contributed by atoms with E-state index in [1.165, 1.54) is 32.1 Å². The van der Waals surface area contributed by atoms with Crippen molar-refractivity contribution in [3.63, 3.8) is 0 Å². The van der Waals surface area contributed by atoms with Gasteiger partial charge in [0.25, 0.3) is 0 Å². The molecule has 2 rings (SSSR count). The minimum atomic E-state index is 0.450. The molecule has 4 heteroatoms. The van der Waals surface area contributed by atoms with Crippen molar-refractivity contribution in [3.05, 3.63) is 23.2 Å². The third-order valence-corrected chi connectivity index (χ3v) is 3.73. The molecule has 0 spiro atoms. The normalized spacial score (nSPS) is 13.0. The molecule has 98 valence electrons. The summed E-state index contributed by atoms with van der Waals surface area (Å²) in [5.74, 6) is 0. The average Bonchev–Trinajstić information content (AvgIpc) is 2.70. The molecule has 0 radical (unpaired) electrons. The summed E-state index contributed by atoms with van der Waals surface area (Å²) >= 11 is 5.41. The Kier molecular flexibility index (Phi) is 4.53. The first-order valence-electron chi connectivity index (χ1n) is 6.78. The summed E-state index contributed by atoms with van der Waals surface area (Å²) in [7, 11) is 0. The number of aromatic nitrogens is 3. The third-order valence-electron chi connectivity index (χ3n) is 3.43. The van der Waals surface area contributed by atoms with E-state index < -0.39 is 0 Å².